The summed E-state index contributed by atoms with van der Waals surface area (Å²) in [6.45, 7) is 6.03. The van der Waals surface area contributed by atoms with E-state index in [1.165, 1.54) is 0 Å². The zero-order valence-corrected chi connectivity index (χ0v) is 14.8. The maximum atomic E-state index is 12.6. The third-order valence-corrected chi connectivity index (χ3v) is 4.11. The van der Waals surface area contributed by atoms with Gasteiger partial charge >= 0.3 is 6.18 Å². The van der Waals surface area contributed by atoms with Gasteiger partial charge in [-0.3, -0.25) is 9.78 Å². The largest absolute Gasteiger partial charge is 0.433 e. The van der Waals surface area contributed by atoms with Gasteiger partial charge in [-0.15, -0.1) is 0 Å². The molecule has 2 aromatic heterocycles. The fraction of sp³-hybridized carbons (Fsp3) is 0.412. The number of carbonyl (C=O) groups excluding carboxylic acids is 1. The molecule has 0 saturated carbocycles. The topological polar surface area (TPSA) is 80.2 Å². The summed E-state index contributed by atoms with van der Waals surface area (Å²) in [6.07, 6.45) is -3.66. The first-order valence-electron chi connectivity index (χ1n) is 8.28. The van der Waals surface area contributed by atoms with Crippen LogP contribution in [0.15, 0.2) is 18.3 Å². The van der Waals surface area contributed by atoms with Gasteiger partial charge < -0.3 is 15.0 Å². The van der Waals surface area contributed by atoms with E-state index < -0.39 is 17.8 Å². The van der Waals surface area contributed by atoms with Crippen molar-refractivity contribution in [2.45, 2.75) is 20.0 Å². The van der Waals surface area contributed by atoms with Crippen LogP contribution < -0.4 is 10.2 Å². The third kappa shape index (κ3) is 4.33. The van der Waals surface area contributed by atoms with E-state index in [0.717, 1.165) is 18.3 Å². The van der Waals surface area contributed by atoms with Crippen molar-refractivity contribution in [1.82, 2.24) is 15.0 Å². The molecule has 0 bridgehead atoms. The van der Waals surface area contributed by atoms with Crippen LogP contribution in [0.2, 0.25) is 0 Å². The molecule has 1 fully saturated rings. The summed E-state index contributed by atoms with van der Waals surface area (Å²) < 4.78 is 43.0. The van der Waals surface area contributed by atoms with E-state index in [9.17, 15) is 18.0 Å². The van der Waals surface area contributed by atoms with E-state index in [-0.39, 0.29) is 5.56 Å². The molecule has 0 atom stereocenters. The summed E-state index contributed by atoms with van der Waals surface area (Å²) in [5.41, 5.74) is 0.523. The predicted molar refractivity (Wildman–Crippen MR) is 91.7 cm³/mol. The van der Waals surface area contributed by atoms with Crippen molar-refractivity contribution in [2.75, 3.05) is 36.5 Å². The lowest BCUT2D eigenvalue weighted by Crippen LogP contribution is -2.37. The molecular formula is C17H18F3N5O2. The Morgan fingerprint density at radius 3 is 2.30 bits per heavy atom. The molecule has 1 saturated heterocycles. The Hall–Kier alpha value is -2.75. The highest BCUT2D eigenvalue weighted by Gasteiger charge is 2.32. The molecule has 2 aromatic rings. The van der Waals surface area contributed by atoms with Crippen molar-refractivity contribution in [2.24, 2.45) is 0 Å². The van der Waals surface area contributed by atoms with E-state index in [4.69, 9.17) is 4.74 Å². The van der Waals surface area contributed by atoms with E-state index >= 15 is 0 Å². The number of halogens is 3. The molecule has 0 aliphatic carbocycles. The van der Waals surface area contributed by atoms with Crippen LogP contribution in [0.5, 0.6) is 0 Å². The van der Waals surface area contributed by atoms with Gasteiger partial charge in [-0.2, -0.15) is 13.2 Å². The number of amides is 1. The van der Waals surface area contributed by atoms with Gasteiger partial charge in [-0.05, 0) is 26.0 Å². The van der Waals surface area contributed by atoms with Crippen molar-refractivity contribution in [3.8, 4) is 0 Å². The van der Waals surface area contributed by atoms with Crippen molar-refractivity contribution in [3.05, 3.63) is 41.0 Å². The van der Waals surface area contributed by atoms with Gasteiger partial charge in [0, 0.05) is 19.3 Å². The molecule has 10 heteroatoms. The van der Waals surface area contributed by atoms with Gasteiger partial charge in [-0.25, -0.2) is 9.97 Å². The first-order valence-corrected chi connectivity index (χ1v) is 8.28. The molecule has 3 rings (SSSR count). The molecule has 27 heavy (non-hydrogen) atoms. The second kappa shape index (κ2) is 7.47. The average molecular weight is 381 g/mol. The highest BCUT2D eigenvalue weighted by Crippen LogP contribution is 2.27. The summed E-state index contributed by atoms with van der Waals surface area (Å²) in [5.74, 6) is -0.0207. The number of hydrogen-bond acceptors (Lipinski definition) is 6. The zero-order chi connectivity index (χ0) is 19.6. The Labute approximate surface area is 153 Å². The minimum Gasteiger partial charge on any atom is -0.378 e. The van der Waals surface area contributed by atoms with E-state index in [2.05, 4.69) is 20.3 Å². The molecule has 7 nitrogen and oxygen atoms in total. The van der Waals surface area contributed by atoms with Crippen LogP contribution in [-0.2, 0) is 10.9 Å². The van der Waals surface area contributed by atoms with Gasteiger partial charge in [-0.1, -0.05) is 0 Å². The molecule has 0 aromatic carbocycles. The fourth-order valence-corrected chi connectivity index (χ4v) is 2.67. The standard InChI is InChI=1S/C17H18F3N5O2/c1-10-14(11(2)23-16(22-10)25-5-7-27-8-6-25)24-15(26)12-3-4-13(21-9-12)17(18,19)20/h3-4,9H,5-8H2,1-2H3,(H,24,26). The lowest BCUT2D eigenvalue weighted by Gasteiger charge is -2.27. The SMILES string of the molecule is Cc1nc(N2CCOCC2)nc(C)c1NC(=O)c1ccc(C(F)(F)F)nc1. The monoisotopic (exact) mass is 381 g/mol. The van der Waals surface area contributed by atoms with Gasteiger partial charge in [0.15, 0.2) is 0 Å². The Balaban J connectivity index is 1.77. The van der Waals surface area contributed by atoms with Crippen LogP contribution in [0.4, 0.5) is 24.8 Å². The Kier molecular flexibility index (Phi) is 5.26. The summed E-state index contributed by atoms with van der Waals surface area (Å²) in [6, 6.07) is 1.85. The molecule has 1 amide bonds. The normalized spacial score (nSPS) is 14.9. The fourth-order valence-electron chi connectivity index (χ4n) is 2.67. The number of alkyl halides is 3. The van der Waals surface area contributed by atoms with Gasteiger partial charge in [0.05, 0.1) is 35.9 Å². The van der Waals surface area contributed by atoms with Gasteiger partial charge in [0.25, 0.3) is 5.91 Å². The minimum absolute atomic E-state index is 0.0130. The molecule has 1 aliphatic heterocycles. The quantitative estimate of drug-likeness (QED) is 0.880. The van der Waals surface area contributed by atoms with Gasteiger partial charge in [0.1, 0.15) is 5.69 Å². The number of hydrogen-bond donors (Lipinski definition) is 1. The van der Waals surface area contributed by atoms with E-state index in [0.29, 0.717) is 49.3 Å². The highest BCUT2D eigenvalue weighted by molar-refractivity contribution is 6.04. The number of morpholine rings is 1. The smallest absolute Gasteiger partial charge is 0.378 e. The number of pyridine rings is 1. The molecule has 3 heterocycles. The van der Waals surface area contributed by atoms with Crippen molar-refractivity contribution >= 4 is 17.5 Å². The summed E-state index contributed by atoms with van der Waals surface area (Å²) in [7, 11) is 0. The zero-order valence-electron chi connectivity index (χ0n) is 14.8. The number of carbonyl (C=O) groups is 1. The predicted octanol–water partition coefficient (Wildman–Crippen LogP) is 2.60. The first-order chi connectivity index (χ1) is 12.8. The second-order valence-electron chi connectivity index (χ2n) is 6.05. The molecule has 0 radical (unpaired) electrons. The summed E-state index contributed by atoms with van der Waals surface area (Å²) in [5, 5.41) is 2.65. The lowest BCUT2D eigenvalue weighted by atomic mass is 10.2. The number of rotatable bonds is 3. The van der Waals surface area contributed by atoms with Crippen LogP contribution >= 0.6 is 0 Å². The van der Waals surface area contributed by atoms with Crippen molar-refractivity contribution < 1.29 is 22.7 Å². The summed E-state index contributed by atoms with van der Waals surface area (Å²) >= 11 is 0. The molecule has 144 valence electrons. The lowest BCUT2D eigenvalue weighted by molar-refractivity contribution is -0.141. The van der Waals surface area contributed by atoms with Crippen LogP contribution in [0.25, 0.3) is 0 Å². The number of aromatic nitrogens is 3. The van der Waals surface area contributed by atoms with E-state index in [1.54, 1.807) is 13.8 Å². The number of nitrogens with zero attached hydrogens (tertiary/aromatic N) is 4. The second-order valence-corrected chi connectivity index (χ2v) is 6.05. The summed E-state index contributed by atoms with van der Waals surface area (Å²) in [4.78, 5) is 26.5. The van der Waals surface area contributed by atoms with Crippen LogP contribution in [0.1, 0.15) is 27.4 Å². The third-order valence-electron chi connectivity index (χ3n) is 4.11. The Bertz CT molecular complexity index is 810. The van der Waals surface area contributed by atoms with Crippen molar-refractivity contribution in [1.29, 1.82) is 0 Å². The molecule has 1 aliphatic rings. The minimum atomic E-state index is -4.55. The van der Waals surface area contributed by atoms with Gasteiger partial charge in [0.2, 0.25) is 5.95 Å². The number of anilines is 2. The van der Waals surface area contributed by atoms with Crippen LogP contribution in [0.3, 0.4) is 0 Å². The van der Waals surface area contributed by atoms with Crippen molar-refractivity contribution in [3.63, 3.8) is 0 Å². The average Bonchev–Trinajstić information content (AvgIpc) is 2.64. The first kappa shape index (κ1) is 19.0. The maximum Gasteiger partial charge on any atom is 0.433 e. The molecule has 0 spiro atoms. The molecule has 0 unspecified atom stereocenters. The van der Waals surface area contributed by atoms with Crippen LogP contribution in [-0.4, -0.2) is 47.2 Å². The highest BCUT2D eigenvalue weighted by atomic mass is 19.4. The number of nitrogens with one attached hydrogen (secondary N) is 1. The van der Waals surface area contributed by atoms with Crippen LogP contribution in [0, 0.1) is 13.8 Å². The maximum absolute atomic E-state index is 12.6. The Morgan fingerprint density at radius 2 is 1.78 bits per heavy atom. The number of ether oxygens (including phenoxy) is 1. The molecule has 1 N–H and O–H groups in total. The number of aryl methyl sites for hydroxylation is 2. The Morgan fingerprint density at radius 1 is 1.15 bits per heavy atom. The van der Waals surface area contributed by atoms with E-state index in [1.807, 2.05) is 4.90 Å². The molecular weight excluding hydrogens is 363 g/mol.